The predicted molar refractivity (Wildman–Crippen MR) is 56.1 cm³/mol. The molecule has 1 aromatic heterocycles. The summed E-state index contributed by atoms with van der Waals surface area (Å²) in [6, 6.07) is 1.14. The zero-order valence-corrected chi connectivity index (χ0v) is 9.72. The Kier molecular flexibility index (Phi) is 2.57. The van der Waals surface area contributed by atoms with E-state index in [0.29, 0.717) is 0 Å². The predicted octanol–water partition coefficient (Wildman–Crippen LogP) is 1.09. The third-order valence-corrected chi connectivity index (χ3v) is 3.52. The number of urea groups is 1. The molecule has 15 heavy (non-hydrogen) atoms. The highest BCUT2D eigenvalue weighted by Gasteiger charge is 2.36. The number of carbonyl (C=O) groups is 3. The zero-order valence-electron chi connectivity index (χ0n) is 7.32. The molecule has 4 amide bonds. The number of rotatable bonds is 2. The highest BCUT2D eigenvalue weighted by Crippen LogP contribution is 2.21. The molecule has 7 heteroatoms. The Bertz CT molecular complexity index is 456. The highest BCUT2D eigenvalue weighted by atomic mass is 79.9. The Morgan fingerprint density at radius 3 is 2.60 bits per heavy atom. The van der Waals surface area contributed by atoms with Crippen LogP contribution >= 0.6 is 27.3 Å². The van der Waals surface area contributed by atoms with Gasteiger partial charge in [0.25, 0.3) is 0 Å². The van der Waals surface area contributed by atoms with Gasteiger partial charge in [0.1, 0.15) is 0 Å². The van der Waals surface area contributed by atoms with Crippen LogP contribution in [-0.4, -0.2) is 22.7 Å². The maximum absolute atomic E-state index is 11.2. The molecule has 2 rings (SSSR count). The summed E-state index contributed by atoms with van der Waals surface area (Å²) in [5, 5.41) is 3.78. The smallest absolute Gasteiger partial charge is 0.269 e. The minimum Gasteiger partial charge on any atom is -0.269 e. The van der Waals surface area contributed by atoms with Crippen LogP contribution in [0.4, 0.5) is 4.79 Å². The van der Waals surface area contributed by atoms with Gasteiger partial charge in [-0.1, -0.05) is 0 Å². The molecule has 1 aliphatic heterocycles. The van der Waals surface area contributed by atoms with E-state index in [2.05, 4.69) is 15.9 Å². The summed E-state index contributed by atoms with van der Waals surface area (Å²) in [5.74, 6) is -1.67. The van der Waals surface area contributed by atoms with Gasteiger partial charge in [-0.15, -0.1) is 11.3 Å². The summed E-state index contributed by atoms with van der Waals surface area (Å²) in [7, 11) is 0. The van der Waals surface area contributed by atoms with Crippen molar-refractivity contribution in [3.8, 4) is 0 Å². The molecule has 0 aromatic carbocycles. The first-order chi connectivity index (χ1) is 7.08. The van der Waals surface area contributed by atoms with Crippen LogP contribution in [0, 0.1) is 0 Å². The van der Waals surface area contributed by atoms with Gasteiger partial charge in [0.05, 0.1) is 6.54 Å². The normalized spacial score (nSPS) is 16.1. The van der Waals surface area contributed by atoms with Gasteiger partial charge in [0.15, 0.2) is 0 Å². The van der Waals surface area contributed by atoms with E-state index in [4.69, 9.17) is 0 Å². The number of amides is 4. The largest absolute Gasteiger partial charge is 0.331 e. The molecule has 0 spiro atoms. The molecule has 2 heterocycles. The molecule has 78 valence electrons. The molecule has 5 nitrogen and oxygen atoms in total. The number of nitrogens with zero attached hydrogens (tertiary/aromatic N) is 1. The van der Waals surface area contributed by atoms with Crippen molar-refractivity contribution in [2.45, 2.75) is 6.54 Å². The maximum Gasteiger partial charge on any atom is 0.331 e. The fourth-order valence-electron chi connectivity index (χ4n) is 1.17. The zero-order chi connectivity index (χ0) is 11.0. The summed E-state index contributed by atoms with van der Waals surface area (Å²) in [6.07, 6.45) is 0. The Morgan fingerprint density at radius 1 is 1.40 bits per heavy atom. The molecule has 0 atom stereocenters. The minimum absolute atomic E-state index is 0.132. The number of imide groups is 2. The topological polar surface area (TPSA) is 66.5 Å². The van der Waals surface area contributed by atoms with E-state index in [-0.39, 0.29) is 6.54 Å². The van der Waals surface area contributed by atoms with E-state index in [9.17, 15) is 14.4 Å². The van der Waals surface area contributed by atoms with Gasteiger partial charge in [0.2, 0.25) is 0 Å². The number of hydrogen-bond donors (Lipinski definition) is 1. The molecule has 1 fully saturated rings. The van der Waals surface area contributed by atoms with Gasteiger partial charge >= 0.3 is 17.8 Å². The number of carbonyl (C=O) groups excluding carboxylic acids is 3. The first-order valence-corrected chi connectivity index (χ1v) is 5.65. The molecule has 1 N–H and O–H groups in total. The third kappa shape index (κ3) is 1.93. The molecular formula is C8H5BrN2O3S. The van der Waals surface area contributed by atoms with Gasteiger partial charge in [-0.05, 0) is 22.0 Å². The fraction of sp³-hybridized carbons (Fsp3) is 0.125. The highest BCUT2D eigenvalue weighted by molar-refractivity contribution is 9.10. The summed E-state index contributed by atoms with van der Waals surface area (Å²) in [6.45, 7) is 0.132. The van der Waals surface area contributed by atoms with Crippen molar-refractivity contribution in [3.05, 3.63) is 20.8 Å². The van der Waals surface area contributed by atoms with Crippen molar-refractivity contribution in [2.24, 2.45) is 0 Å². The average molecular weight is 289 g/mol. The van der Waals surface area contributed by atoms with Gasteiger partial charge < -0.3 is 0 Å². The number of nitrogens with one attached hydrogen (secondary N) is 1. The van der Waals surface area contributed by atoms with Gasteiger partial charge in [-0.3, -0.25) is 19.8 Å². The molecule has 1 saturated heterocycles. The number of halogens is 1. The second-order valence-corrected chi connectivity index (χ2v) is 4.79. The molecule has 0 bridgehead atoms. The minimum atomic E-state index is -0.865. The first kappa shape index (κ1) is 10.3. The second-order valence-electron chi connectivity index (χ2n) is 2.88. The van der Waals surface area contributed by atoms with Gasteiger partial charge in [-0.2, -0.15) is 0 Å². The summed E-state index contributed by atoms with van der Waals surface area (Å²) in [4.78, 5) is 35.0. The lowest BCUT2D eigenvalue weighted by molar-refractivity contribution is -0.140. The Labute approximate surface area is 97.2 Å². The van der Waals surface area contributed by atoms with Crippen molar-refractivity contribution < 1.29 is 14.4 Å². The molecule has 1 aromatic rings. The van der Waals surface area contributed by atoms with Crippen LogP contribution in [0.25, 0.3) is 0 Å². The van der Waals surface area contributed by atoms with Crippen molar-refractivity contribution in [3.63, 3.8) is 0 Å². The molecule has 0 aliphatic carbocycles. The van der Waals surface area contributed by atoms with Crippen LogP contribution in [0.3, 0.4) is 0 Å². The second kappa shape index (κ2) is 3.74. The Balaban J connectivity index is 2.16. The number of thiophene rings is 1. The maximum atomic E-state index is 11.2. The number of hydrogen-bond acceptors (Lipinski definition) is 4. The first-order valence-electron chi connectivity index (χ1n) is 3.97. The van der Waals surface area contributed by atoms with Crippen LogP contribution in [0.2, 0.25) is 0 Å². The molecule has 0 radical (unpaired) electrons. The van der Waals surface area contributed by atoms with Gasteiger partial charge in [0, 0.05) is 14.7 Å². The van der Waals surface area contributed by atoms with Crippen LogP contribution in [0.15, 0.2) is 15.9 Å². The van der Waals surface area contributed by atoms with Crippen LogP contribution in [0.1, 0.15) is 4.88 Å². The lowest BCUT2D eigenvalue weighted by Gasteiger charge is -2.08. The van der Waals surface area contributed by atoms with E-state index < -0.39 is 17.8 Å². The van der Waals surface area contributed by atoms with Gasteiger partial charge in [-0.25, -0.2) is 4.79 Å². The van der Waals surface area contributed by atoms with Crippen molar-refractivity contribution in [1.29, 1.82) is 0 Å². The average Bonchev–Trinajstić information content (AvgIpc) is 2.67. The third-order valence-electron chi connectivity index (χ3n) is 1.84. The quantitative estimate of drug-likeness (QED) is 0.654. The van der Waals surface area contributed by atoms with Crippen molar-refractivity contribution in [2.75, 3.05) is 0 Å². The standard InChI is InChI=1S/C8H5BrN2O3S/c9-4-1-5(15-3-4)2-11-7(13)6(12)10-8(11)14/h1,3H,2H2,(H,10,12,14). The Hall–Kier alpha value is -1.21. The fourth-order valence-corrected chi connectivity index (χ4v) is 2.61. The van der Waals surface area contributed by atoms with Crippen LogP contribution in [-0.2, 0) is 16.1 Å². The van der Waals surface area contributed by atoms with Crippen molar-refractivity contribution >= 4 is 45.1 Å². The SMILES string of the molecule is O=C1NC(=O)N(Cc2cc(Br)cs2)C1=O. The van der Waals surface area contributed by atoms with E-state index in [1.165, 1.54) is 11.3 Å². The lowest BCUT2D eigenvalue weighted by atomic mass is 10.4. The van der Waals surface area contributed by atoms with E-state index in [0.717, 1.165) is 14.2 Å². The lowest BCUT2D eigenvalue weighted by Crippen LogP contribution is -2.29. The summed E-state index contributed by atoms with van der Waals surface area (Å²) < 4.78 is 0.890. The molecular weight excluding hydrogens is 284 g/mol. The Morgan fingerprint density at radius 2 is 2.13 bits per heavy atom. The summed E-state index contributed by atoms with van der Waals surface area (Å²) >= 11 is 4.67. The van der Waals surface area contributed by atoms with Crippen LogP contribution in [0.5, 0.6) is 0 Å². The van der Waals surface area contributed by atoms with Crippen molar-refractivity contribution in [1.82, 2.24) is 10.2 Å². The monoisotopic (exact) mass is 288 g/mol. The van der Waals surface area contributed by atoms with E-state index >= 15 is 0 Å². The molecule has 1 aliphatic rings. The summed E-state index contributed by atoms with van der Waals surface area (Å²) in [5.41, 5.74) is 0. The molecule has 0 unspecified atom stereocenters. The van der Waals surface area contributed by atoms with E-state index in [1.807, 2.05) is 10.7 Å². The van der Waals surface area contributed by atoms with E-state index in [1.54, 1.807) is 6.07 Å². The van der Waals surface area contributed by atoms with Crippen LogP contribution < -0.4 is 5.32 Å². The molecule has 0 saturated carbocycles.